The Morgan fingerprint density at radius 1 is 1.05 bits per heavy atom. The predicted molar refractivity (Wildman–Crippen MR) is 136 cm³/mol. The van der Waals surface area contributed by atoms with Crippen LogP contribution in [0.1, 0.15) is 16.2 Å². The van der Waals surface area contributed by atoms with Crippen LogP contribution in [0.5, 0.6) is 11.5 Å². The molecule has 0 aliphatic rings. The van der Waals surface area contributed by atoms with Crippen LogP contribution in [0.3, 0.4) is 0 Å². The molecule has 5 aromatic rings. The van der Waals surface area contributed by atoms with Crippen molar-refractivity contribution in [2.45, 2.75) is 6.18 Å². The number of carbonyl (C=O) groups is 1. The molecule has 0 spiro atoms. The van der Waals surface area contributed by atoms with Crippen LogP contribution < -0.4 is 10.1 Å². The number of amides is 1. The third kappa shape index (κ3) is 5.70. The van der Waals surface area contributed by atoms with Crippen molar-refractivity contribution in [1.29, 1.82) is 0 Å². The summed E-state index contributed by atoms with van der Waals surface area (Å²) in [5.41, 5.74) is -1.70. The van der Waals surface area contributed by atoms with Gasteiger partial charge in [0, 0.05) is 34.4 Å². The zero-order valence-electron chi connectivity index (χ0n) is 19.4. The van der Waals surface area contributed by atoms with Gasteiger partial charge < -0.3 is 10.1 Å². The number of non-ortho nitro benzene ring substituents is 1. The summed E-state index contributed by atoms with van der Waals surface area (Å²) in [5, 5.41) is 17.7. The van der Waals surface area contributed by atoms with Crippen LogP contribution >= 0.6 is 15.9 Å². The average Bonchev–Trinajstić information content (AvgIpc) is 3.33. The number of anilines is 1. The highest BCUT2D eigenvalue weighted by molar-refractivity contribution is 9.10. The Balaban J connectivity index is 1.50. The molecule has 39 heavy (non-hydrogen) atoms. The Bertz CT molecular complexity index is 1710. The van der Waals surface area contributed by atoms with Gasteiger partial charge in [-0.25, -0.2) is 9.50 Å². The lowest BCUT2D eigenvalue weighted by molar-refractivity contribution is -0.384. The summed E-state index contributed by atoms with van der Waals surface area (Å²) in [7, 11) is 0. The number of carbonyl (C=O) groups excluding carboxylic acids is 1. The van der Waals surface area contributed by atoms with Crippen molar-refractivity contribution in [3.63, 3.8) is 0 Å². The van der Waals surface area contributed by atoms with Gasteiger partial charge in [0.05, 0.1) is 28.6 Å². The van der Waals surface area contributed by atoms with E-state index in [1.807, 2.05) is 0 Å². The molecule has 0 saturated heterocycles. The highest BCUT2D eigenvalue weighted by Gasteiger charge is 2.35. The maximum absolute atomic E-state index is 13.9. The summed E-state index contributed by atoms with van der Waals surface area (Å²) in [6, 6.07) is 15.2. The van der Waals surface area contributed by atoms with Crippen LogP contribution in [0.2, 0.25) is 0 Å². The van der Waals surface area contributed by atoms with Crippen molar-refractivity contribution >= 4 is 38.9 Å². The standard InChI is InChI=1S/C25H14BrF3N6O4/c26-15-5-3-14(4-6-15)20-11-22(25(27,28)29)34-23(32-20)12-21(33-34)24(36)31-16-8-17(35(37)38)10-19(9-16)39-18-2-1-7-30-13-18/h1-13H,(H,31,36). The molecule has 5 rings (SSSR count). The maximum Gasteiger partial charge on any atom is 0.433 e. The average molecular weight is 599 g/mol. The number of ether oxygens (including phenoxy) is 1. The summed E-state index contributed by atoms with van der Waals surface area (Å²) >= 11 is 3.28. The zero-order valence-corrected chi connectivity index (χ0v) is 21.0. The molecule has 3 aromatic heterocycles. The summed E-state index contributed by atoms with van der Waals surface area (Å²) in [6.45, 7) is 0. The Morgan fingerprint density at radius 3 is 2.49 bits per heavy atom. The number of fused-ring (bicyclic) bond motifs is 1. The number of aromatic nitrogens is 4. The van der Waals surface area contributed by atoms with E-state index in [2.05, 4.69) is 36.3 Å². The molecule has 0 unspecified atom stereocenters. The Hall–Kier alpha value is -4.85. The van der Waals surface area contributed by atoms with Crippen LogP contribution in [0.25, 0.3) is 16.9 Å². The van der Waals surface area contributed by atoms with Gasteiger partial charge in [-0.15, -0.1) is 0 Å². The van der Waals surface area contributed by atoms with Gasteiger partial charge in [-0.1, -0.05) is 28.1 Å². The number of rotatable bonds is 6. The molecule has 10 nitrogen and oxygen atoms in total. The molecule has 0 radical (unpaired) electrons. The third-order valence-corrected chi connectivity index (χ3v) is 5.85. The van der Waals surface area contributed by atoms with Crippen molar-refractivity contribution in [1.82, 2.24) is 19.6 Å². The first-order chi connectivity index (χ1) is 18.6. The Kier molecular flexibility index (Phi) is 6.70. The second-order valence-corrected chi connectivity index (χ2v) is 8.96. The van der Waals surface area contributed by atoms with Crippen molar-refractivity contribution in [3.05, 3.63) is 105 Å². The smallest absolute Gasteiger partial charge is 0.433 e. The lowest BCUT2D eigenvalue weighted by atomic mass is 10.1. The zero-order chi connectivity index (χ0) is 27.7. The first-order valence-electron chi connectivity index (χ1n) is 11.0. The van der Waals surface area contributed by atoms with Crippen molar-refractivity contribution in [2.24, 2.45) is 0 Å². The molecule has 196 valence electrons. The van der Waals surface area contributed by atoms with Gasteiger partial charge in [0.15, 0.2) is 17.0 Å². The summed E-state index contributed by atoms with van der Waals surface area (Å²) < 4.78 is 48.6. The van der Waals surface area contributed by atoms with Gasteiger partial charge in [0.1, 0.15) is 11.5 Å². The van der Waals surface area contributed by atoms with Crippen molar-refractivity contribution in [2.75, 3.05) is 5.32 Å². The molecule has 0 fully saturated rings. The predicted octanol–water partition coefficient (Wildman–Crippen LogP) is 6.53. The quantitative estimate of drug-likeness (QED) is 0.174. The fraction of sp³-hybridized carbons (Fsp3) is 0.0400. The number of nitro groups is 1. The topological polar surface area (TPSA) is 125 Å². The Labute approximate surface area is 225 Å². The molecule has 1 amide bonds. The molecule has 2 aromatic carbocycles. The van der Waals surface area contributed by atoms with E-state index in [4.69, 9.17) is 4.74 Å². The number of nitrogens with zero attached hydrogens (tertiary/aromatic N) is 5. The second kappa shape index (κ2) is 10.1. The van der Waals surface area contributed by atoms with Crippen LogP contribution in [-0.4, -0.2) is 30.4 Å². The number of benzene rings is 2. The molecule has 14 heteroatoms. The number of pyridine rings is 1. The fourth-order valence-corrected chi connectivity index (χ4v) is 3.88. The Morgan fingerprint density at radius 2 is 1.82 bits per heavy atom. The van der Waals surface area contributed by atoms with Gasteiger partial charge in [0.2, 0.25) is 0 Å². The van der Waals surface area contributed by atoms with Crippen molar-refractivity contribution in [3.8, 4) is 22.8 Å². The van der Waals surface area contributed by atoms with E-state index in [0.717, 1.165) is 28.7 Å². The number of nitro benzene ring substituents is 1. The van der Waals surface area contributed by atoms with Gasteiger partial charge in [-0.2, -0.15) is 18.3 Å². The van der Waals surface area contributed by atoms with Gasteiger partial charge in [-0.05, 0) is 30.3 Å². The summed E-state index contributed by atoms with van der Waals surface area (Å²) in [4.78, 5) is 31.9. The fourth-order valence-electron chi connectivity index (χ4n) is 3.61. The van der Waals surface area contributed by atoms with Crippen LogP contribution in [0.15, 0.2) is 83.6 Å². The number of hydrogen-bond donors (Lipinski definition) is 1. The van der Waals surface area contributed by atoms with E-state index in [-0.39, 0.29) is 34.2 Å². The van der Waals surface area contributed by atoms with Gasteiger partial charge in [-0.3, -0.25) is 19.9 Å². The lowest BCUT2D eigenvalue weighted by Crippen LogP contribution is -2.16. The second-order valence-electron chi connectivity index (χ2n) is 8.05. The van der Waals surface area contributed by atoms with E-state index >= 15 is 0 Å². The molecule has 0 aliphatic carbocycles. The van der Waals surface area contributed by atoms with E-state index in [0.29, 0.717) is 15.8 Å². The molecule has 0 atom stereocenters. The van der Waals surface area contributed by atoms with Gasteiger partial charge >= 0.3 is 6.18 Å². The normalized spacial score (nSPS) is 11.4. The minimum absolute atomic E-state index is 0.0302. The van der Waals surface area contributed by atoms with Gasteiger partial charge in [0.25, 0.3) is 11.6 Å². The molecule has 0 saturated carbocycles. The van der Waals surface area contributed by atoms with Crippen molar-refractivity contribution < 1.29 is 27.6 Å². The highest BCUT2D eigenvalue weighted by atomic mass is 79.9. The number of nitrogens with one attached hydrogen (secondary N) is 1. The van der Waals surface area contributed by atoms with E-state index < -0.39 is 22.7 Å². The number of halogens is 4. The summed E-state index contributed by atoms with van der Waals surface area (Å²) in [6.07, 6.45) is -1.90. The molecular formula is C25H14BrF3N6O4. The molecule has 0 aliphatic heterocycles. The minimum Gasteiger partial charge on any atom is -0.455 e. The van der Waals surface area contributed by atoms with Crippen LogP contribution in [0.4, 0.5) is 24.5 Å². The molecule has 3 heterocycles. The molecule has 0 bridgehead atoms. The van der Waals surface area contributed by atoms with E-state index in [9.17, 15) is 28.1 Å². The first-order valence-corrected chi connectivity index (χ1v) is 11.8. The summed E-state index contributed by atoms with van der Waals surface area (Å²) in [5.74, 6) is -0.586. The third-order valence-electron chi connectivity index (χ3n) is 5.32. The molecule has 1 N–H and O–H groups in total. The minimum atomic E-state index is -4.80. The monoisotopic (exact) mass is 598 g/mol. The van der Waals surface area contributed by atoms with Crippen LogP contribution in [-0.2, 0) is 6.18 Å². The van der Waals surface area contributed by atoms with E-state index in [1.165, 1.54) is 18.5 Å². The first kappa shape index (κ1) is 25.8. The lowest BCUT2D eigenvalue weighted by Gasteiger charge is -2.11. The maximum atomic E-state index is 13.9. The van der Waals surface area contributed by atoms with Crippen LogP contribution in [0, 0.1) is 10.1 Å². The largest absolute Gasteiger partial charge is 0.455 e. The molecular weight excluding hydrogens is 585 g/mol. The number of alkyl halides is 3. The van der Waals surface area contributed by atoms with E-state index in [1.54, 1.807) is 36.4 Å². The highest BCUT2D eigenvalue weighted by Crippen LogP contribution is 2.33. The number of hydrogen-bond acceptors (Lipinski definition) is 7. The SMILES string of the molecule is O=C(Nc1cc(Oc2cccnc2)cc([N+](=O)[O-])c1)c1cc2nc(-c3ccc(Br)cc3)cc(C(F)(F)F)n2n1.